The first-order valence-corrected chi connectivity index (χ1v) is 7.13. The molecule has 0 aliphatic carbocycles. The van der Waals surface area contributed by atoms with Gasteiger partial charge in [-0.05, 0) is 12.2 Å². The van der Waals surface area contributed by atoms with E-state index in [1.54, 1.807) is 0 Å². The van der Waals surface area contributed by atoms with E-state index in [0.29, 0.717) is 0 Å². The van der Waals surface area contributed by atoms with E-state index in [0.717, 1.165) is 0 Å². The maximum absolute atomic E-state index is 11.7. The van der Waals surface area contributed by atoms with Crippen LogP contribution < -0.4 is 15.8 Å². The summed E-state index contributed by atoms with van der Waals surface area (Å²) in [7, 11) is 2.66. The van der Waals surface area contributed by atoms with Gasteiger partial charge in [0, 0.05) is 0 Å². The van der Waals surface area contributed by atoms with E-state index in [1.807, 2.05) is 0 Å². The lowest BCUT2D eigenvalue weighted by Crippen LogP contribution is -2.52. The van der Waals surface area contributed by atoms with Crippen molar-refractivity contribution in [1.82, 2.24) is 15.0 Å². The van der Waals surface area contributed by atoms with Gasteiger partial charge in [-0.1, -0.05) is 0 Å². The van der Waals surface area contributed by atoms with Gasteiger partial charge in [0.25, 0.3) is 5.56 Å². The van der Waals surface area contributed by atoms with Crippen LogP contribution in [0.4, 0.5) is 0 Å². The van der Waals surface area contributed by atoms with Gasteiger partial charge in [-0.2, -0.15) is 5.48 Å². The second-order valence-electron chi connectivity index (χ2n) is 4.97. The zero-order valence-corrected chi connectivity index (χ0v) is 13.4. The lowest BCUT2D eigenvalue weighted by atomic mass is 10.0. The van der Waals surface area contributed by atoms with Crippen LogP contribution in [0.1, 0.15) is 0 Å². The summed E-state index contributed by atoms with van der Waals surface area (Å²) in [5.41, 5.74) is 0.367. The van der Waals surface area contributed by atoms with Crippen molar-refractivity contribution in [3.8, 4) is 5.75 Å². The van der Waals surface area contributed by atoms with Gasteiger partial charge in [0.1, 0.15) is 18.3 Å². The average molecular weight is 349 g/mol. The lowest BCUT2D eigenvalue weighted by Gasteiger charge is -2.34. The molecular weight excluding hydrogens is 330 g/mol. The van der Waals surface area contributed by atoms with Crippen molar-refractivity contribution in [2.45, 2.75) is 24.0 Å². The summed E-state index contributed by atoms with van der Waals surface area (Å²) < 4.78 is 11.8. The Labute approximate surface area is 136 Å². The van der Waals surface area contributed by atoms with Gasteiger partial charge >= 0.3 is 0 Å². The predicted octanol–water partition coefficient (Wildman–Crippen LogP) is -2.17. The van der Waals surface area contributed by atoms with Crippen LogP contribution in [0.2, 0.25) is 0 Å². The highest BCUT2D eigenvalue weighted by Crippen LogP contribution is 2.35. The van der Waals surface area contributed by atoms with Gasteiger partial charge < -0.3 is 29.6 Å². The number of aromatic amines is 1. The number of aromatic nitrogens is 2. The normalized spacial score (nSPS) is 30.6. The fraction of sp³-hybridized carbons (Fsp3) is 0.667. The molecule has 0 unspecified atom stereocenters. The summed E-state index contributed by atoms with van der Waals surface area (Å²) in [5, 5.41) is 29.8. The van der Waals surface area contributed by atoms with Gasteiger partial charge in [0.2, 0.25) is 5.75 Å². The molecule has 1 aliphatic heterocycles. The zero-order valence-electron chi connectivity index (χ0n) is 12.6. The molecule has 1 aliphatic rings. The number of aliphatic hydroxyl groups is 3. The van der Waals surface area contributed by atoms with E-state index < -0.39 is 36.2 Å². The molecule has 130 valence electrons. The van der Waals surface area contributed by atoms with Gasteiger partial charge in [-0.25, -0.2) is 0 Å². The first kappa shape index (κ1) is 18.0. The first-order valence-electron chi connectivity index (χ1n) is 6.72. The third-order valence-corrected chi connectivity index (χ3v) is 4.01. The van der Waals surface area contributed by atoms with Crippen molar-refractivity contribution in [3.63, 3.8) is 0 Å². The molecule has 1 saturated heterocycles. The number of nitrogens with zero attached hydrogens (tertiary/aromatic N) is 1. The highest BCUT2D eigenvalue weighted by Gasteiger charge is 2.55. The Kier molecular flexibility index (Phi) is 5.52. The van der Waals surface area contributed by atoms with Crippen molar-refractivity contribution >= 4 is 12.2 Å². The lowest BCUT2D eigenvalue weighted by molar-refractivity contribution is -0.161. The number of hydrogen-bond donors (Lipinski definition) is 5. The van der Waals surface area contributed by atoms with E-state index in [9.17, 15) is 20.1 Å². The van der Waals surface area contributed by atoms with Crippen molar-refractivity contribution < 1.29 is 29.6 Å². The monoisotopic (exact) mass is 349 g/mol. The first-order chi connectivity index (χ1) is 10.9. The Morgan fingerprint density at radius 2 is 2.22 bits per heavy atom. The molecule has 10 nitrogen and oxygen atoms in total. The fourth-order valence-electron chi connectivity index (χ4n) is 2.50. The molecular formula is C12H19N3O7S. The number of nitrogens with one attached hydrogen (secondary N) is 2. The van der Waals surface area contributed by atoms with E-state index >= 15 is 0 Å². The molecule has 23 heavy (non-hydrogen) atoms. The zero-order chi connectivity index (χ0) is 17.2. The van der Waals surface area contributed by atoms with Crippen LogP contribution >= 0.6 is 12.2 Å². The topological polar surface area (TPSA) is 138 Å². The third kappa shape index (κ3) is 3.04. The maximum atomic E-state index is 11.7. The number of hydrogen-bond acceptors (Lipinski definition) is 9. The standard InChI is InChI=1S/C12H19N3O7S/c1-20-6-3-15(11(23)14-10(6)19)12(5-13-21-2)9(18)8(17)7(4-16)22-12/h3,7-9,13,16-18H,4-5H2,1-2H3,(H,14,19,23)/t7-,8-,9-,12-/m1/s1. The van der Waals surface area contributed by atoms with Crippen molar-refractivity contribution in [1.29, 1.82) is 0 Å². The highest BCUT2D eigenvalue weighted by molar-refractivity contribution is 7.71. The quantitative estimate of drug-likeness (QED) is 0.287. The molecule has 5 N–H and O–H groups in total. The largest absolute Gasteiger partial charge is 0.490 e. The molecule has 0 bridgehead atoms. The molecule has 11 heteroatoms. The van der Waals surface area contributed by atoms with Gasteiger partial charge in [-0.15, -0.1) is 0 Å². The highest BCUT2D eigenvalue weighted by atomic mass is 32.1. The summed E-state index contributed by atoms with van der Waals surface area (Å²) in [4.78, 5) is 18.9. The van der Waals surface area contributed by atoms with Crippen LogP contribution in [0.15, 0.2) is 11.0 Å². The minimum absolute atomic E-state index is 0.0569. The van der Waals surface area contributed by atoms with Crippen molar-refractivity contribution in [2.75, 3.05) is 27.4 Å². The van der Waals surface area contributed by atoms with Crippen LogP contribution in [0.25, 0.3) is 0 Å². The summed E-state index contributed by atoms with van der Waals surface area (Å²) in [6.45, 7) is -0.636. The molecule has 1 aromatic heterocycles. The Bertz CT molecular complexity index is 663. The minimum atomic E-state index is -1.61. The van der Waals surface area contributed by atoms with E-state index in [2.05, 4.69) is 10.5 Å². The van der Waals surface area contributed by atoms with Crippen LogP contribution in [0, 0.1) is 4.77 Å². The summed E-state index contributed by atoms with van der Waals surface area (Å²) >= 11 is 5.12. The van der Waals surface area contributed by atoms with Gasteiger partial charge in [0.15, 0.2) is 10.5 Å². The molecule has 2 rings (SSSR count). The number of methoxy groups -OCH3 is 1. The fourth-order valence-corrected chi connectivity index (χ4v) is 2.80. The Balaban J connectivity index is 2.60. The molecule has 0 spiro atoms. The molecule has 0 aromatic carbocycles. The molecule has 0 saturated carbocycles. The smallest absolute Gasteiger partial charge is 0.294 e. The number of ether oxygens (including phenoxy) is 2. The maximum Gasteiger partial charge on any atom is 0.294 e. The van der Waals surface area contributed by atoms with Crippen LogP contribution in [-0.2, 0) is 15.3 Å². The Hall–Kier alpha value is -1.34. The minimum Gasteiger partial charge on any atom is -0.490 e. The molecule has 2 heterocycles. The van der Waals surface area contributed by atoms with Crippen molar-refractivity contribution in [2.24, 2.45) is 0 Å². The SMILES string of the molecule is CONC[C@@]1(n2cc(OC)c(=O)[nH]c2=S)O[C@H](CO)[C@@H](O)[C@H]1O. The second-order valence-corrected chi connectivity index (χ2v) is 5.36. The molecule has 1 fully saturated rings. The summed E-state index contributed by atoms with van der Waals surface area (Å²) in [5.74, 6) is -0.0619. The van der Waals surface area contributed by atoms with Gasteiger partial charge in [-0.3, -0.25) is 14.3 Å². The number of aliphatic hydroxyl groups excluding tert-OH is 3. The number of rotatable bonds is 6. The Morgan fingerprint density at radius 3 is 2.74 bits per heavy atom. The van der Waals surface area contributed by atoms with Crippen LogP contribution in [0.5, 0.6) is 5.75 Å². The summed E-state index contributed by atoms with van der Waals surface area (Å²) in [6.07, 6.45) is -2.60. The number of hydroxylamine groups is 1. The Morgan fingerprint density at radius 1 is 1.52 bits per heavy atom. The third-order valence-electron chi connectivity index (χ3n) is 3.71. The van der Waals surface area contributed by atoms with Gasteiger partial charge in [0.05, 0.1) is 33.6 Å². The van der Waals surface area contributed by atoms with Crippen LogP contribution in [-0.4, -0.2) is 70.6 Å². The molecule has 4 atom stereocenters. The second kappa shape index (κ2) is 7.05. The number of H-pyrrole nitrogens is 1. The summed E-state index contributed by atoms with van der Waals surface area (Å²) in [6, 6.07) is 0. The van der Waals surface area contributed by atoms with E-state index in [-0.39, 0.29) is 17.1 Å². The molecule has 0 radical (unpaired) electrons. The van der Waals surface area contributed by atoms with Crippen molar-refractivity contribution in [3.05, 3.63) is 21.3 Å². The van der Waals surface area contributed by atoms with E-state index in [1.165, 1.54) is 25.0 Å². The average Bonchev–Trinajstić information content (AvgIpc) is 2.78. The molecule has 1 aromatic rings. The molecule has 0 amide bonds. The van der Waals surface area contributed by atoms with Crippen LogP contribution in [0.3, 0.4) is 0 Å². The van der Waals surface area contributed by atoms with E-state index in [4.69, 9.17) is 26.5 Å². The predicted molar refractivity (Wildman–Crippen MR) is 79.4 cm³/mol.